The predicted molar refractivity (Wildman–Crippen MR) is 127 cm³/mol. The van der Waals surface area contributed by atoms with E-state index < -0.39 is 17.8 Å². The van der Waals surface area contributed by atoms with Gasteiger partial charge in [-0.15, -0.1) is 0 Å². The number of benzene rings is 2. The van der Waals surface area contributed by atoms with E-state index in [1.807, 2.05) is 24.3 Å². The number of thioether (sulfide) groups is 1. The van der Waals surface area contributed by atoms with Crippen LogP contribution in [0.3, 0.4) is 0 Å². The third kappa shape index (κ3) is 4.77. The molecule has 0 fully saturated rings. The minimum Gasteiger partial charge on any atom is -0.356 e. The molecule has 0 spiro atoms. The molecule has 0 saturated heterocycles. The first-order valence-corrected chi connectivity index (χ1v) is 12.1. The lowest BCUT2D eigenvalue weighted by molar-refractivity contribution is -0.138. The number of aromatic nitrogens is 2. The first-order chi connectivity index (χ1) is 16.8. The van der Waals surface area contributed by atoms with Crippen LogP contribution in [0, 0.1) is 5.82 Å². The number of nitrogens with zero attached hydrogens (tertiary/aromatic N) is 2. The summed E-state index contributed by atoms with van der Waals surface area (Å²) < 4.78 is 52.6. The number of aromatic amines is 1. The van der Waals surface area contributed by atoms with Crippen LogP contribution in [0.2, 0.25) is 0 Å². The van der Waals surface area contributed by atoms with Crippen molar-refractivity contribution in [2.75, 3.05) is 12.3 Å². The van der Waals surface area contributed by atoms with E-state index in [0.717, 1.165) is 59.0 Å². The molecule has 1 amide bonds. The average Bonchev–Trinajstić information content (AvgIpc) is 3.08. The van der Waals surface area contributed by atoms with Crippen LogP contribution in [0.1, 0.15) is 34.8 Å². The highest BCUT2D eigenvalue weighted by atomic mass is 32.2. The molecule has 35 heavy (non-hydrogen) atoms. The molecule has 4 nitrogen and oxygen atoms in total. The van der Waals surface area contributed by atoms with E-state index in [4.69, 9.17) is 0 Å². The molecule has 0 saturated carbocycles. The molecule has 180 valence electrons. The van der Waals surface area contributed by atoms with Crippen LogP contribution >= 0.6 is 11.8 Å². The zero-order valence-corrected chi connectivity index (χ0v) is 19.3. The smallest absolute Gasteiger partial charge is 0.356 e. The van der Waals surface area contributed by atoms with Crippen molar-refractivity contribution in [1.82, 2.24) is 14.9 Å². The summed E-state index contributed by atoms with van der Waals surface area (Å²) in [6.07, 6.45) is -2.20. The molecule has 9 heteroatoms. The van der Waals surface area contributed by atoms with Crippen molar-refractivity contribution in [2.45, 2.75) is 30.1 Å². The van der Waals surface area contributed by atoms with Crippen molar-refractivity contribution in [3.05, 3.63) is 95.1 Å². The van der Waals surface area contributed by atoms with Crippen LogP contribution < -0.4 is 0 Å². The second-order valence-electron chi connectivity index (χ2n) is 8.38. The Morgan fingerprint density at radius 1 is 1.11 bits per heavy atom. The van der Waals surface area contributed by atoms with Crippen molar-refractivity contribution in [2.24, 2.45) is 0 Å². The Labute approximate surface area is 203 Å². The summed E-state index contributed by atoms with van der Waals surface area (Å²) in [6.45, 7) is 0.470. The summed E-state index contributed by atoms with van der Waals surface area (Å²) in [5.74, 6) is -0.586. The molecular formula is C26H21F4N3OS. The number of nitrogens with one attached hydrogen (secondary N) is 1. The lowest BCUT2D eigenvalue weighted by atomic mass is 9.98. The number of alkyl halides is 3. The van der Waals surface area contributed by atoms with Crippen LogP contribution in [0.5, 0.6) is 0 Å². The van der Waals surface area contributed by atoms with Gasteiger partial charge >= 0.3 is 6.18 Å². The fourth-order valence-electron chi connectivity index (χ4n) is 4.58. The molecule has 0 aliphatic carbocycles. The summed E-state index contributed by atoms with van der Waals surface area (Å²) >= 11 is 1.08. The molecule has 1 N–H and O–H groups in total. The van der Waals surface area contributed by atoms with Crippen molar-refractivity contribution in [1.29, 1.82) is 0 Å². The highest BCUT2D eigenvalue weighted by Crippen LogP contribution is 2.38. The fraction of sp³-hybridized carbons (Fsp3) is 0.231. The Bertz CT molecular complexity index is 1370. The number of para-hydroxylation sites is 1. The summed E-state index contributed by atoms with van der Waals surface area (Å²) in [4.78, 5) is 22.5. The number of H-pyrrole nitrogens is 1. The molecule has 3 heterocycles. The second-order valence-corrected chi connectivity index (χ2v) is 9.38. The number of fused-ring (bicyclic) bond motifs is 3. The zero-order chi connectivity index (χ0) is 24.6. The van der Waals surface area contributed by atoms with E-state index in [-0.39, 0.29) is 17.5 Å². The summed E-state index contributed by atoms with van der Waals surface area (Å²) in [5.41, 5.74) is 2.75. The summed E-state index contributed by atoms with van der Waals surface area (Å²) in [5, 5.41) is 1.41. The monoisotopic (exact) mass is 499 g/mol. The third-order valence-electron chi connectivity index (χ3n) is 6.15. The Morgan fingerprint density at radius 2 is 1.94 bits per heavy atom. The van der Waals surface area contributed by atoms with Gasteiger partial charge in [-0.3, -0.25) is 4.79 Å². The number of pyridine rings is 1. The molecule has 0 bridgehead atoms. The van der Waals surface area contributed by atoms with Crippen LogP contribution in [0.4, 0.5) is 17.6 Å². The van der Waals surface area contributed by atoms with E-state index in [9.17, 15) is 22.4 Å². The average molecular weight is 500 g/mol. The Morgan fingerprint density at radius 3 is 2.69 bits per heavy atom. The van der Waals surface area contributed by atoms with Gasteiger partial charge in [-0.05, 0) is 54.3 Å². The summed E-state index contributed by atoms with van der Waals surface area (Å²) in [7, 11) is 0. The maximum atomic E-state index is 14.2. The van der Waals surface area contributed by atoms with Gasteiger partial charge in [-0.1, -0.05) is 42.1 Å². The van der Waals surface area contributed by atoms with Gasteiger partial charge in [0, 0.05) is 29.3 Å². The van der Waals surface area contributed by atoms with E-state index in [0.29, 0.717) is 17.1 Å². The second kappa shape index (κ2) is 9.37. The number of carbonyl (C=O) groups is 1. The van der Waals surface area contributed by atoms with Crippen LogP contribution in [-0.2, 0) is 17.4 Å². The number of rotatable bonds is 4. The Kier molecular flexibility index (Phi) is 6.27. The van der Waals surface area contributed by atoms with Crippen molar-refractivity contribution in [3.8, 4) is 0 Å². The van der Waals surface area contributed by atoms with E-state index >= 15 is 0 Å². The Hall–Kier alpha value is -3.33. The predicted octanol–water partition coefficient (Wildman–Crippen LogP) is 6.38. The van der Waals surface area contributed by atoms with Crippen LogP contribution in [-0.4, -0.2) is 33.1 Å². The van der Waals surface area contributed by atoms with Crippen molar-refractivity contribution >= 4 is 28.6 Å². The van der Waals surface area contributed by atoms with Gasteiger partial charge in [-0.2, -0.15) is 13.2 Å². The lowest BCUT2D eigenvalue weighted by Gasteiger charge is -2.31. The van der Waals surface area contributed by atoms with Gasteiger partial charge in [0.1, 0.15) is 5.82 Å². The first kappa shape index (κ1) is 23.4. The molecule has 5 rings (SSSR count). The molecule has 1 unspecified atom stereocenters. The molecule has 1 atom stereocenters. The highest BCUT2D eigenvalue weighted by molar-refractivity contribution is 7.99. The molecule has 4 aromatic rings. The Balaban J connectivity index is 1.46. The molecular weight excluding hydrogens is 478 g/mol. The highest BCUT2D eigenvalue weighted by Gasteiger charge is 2.33. The van der Waals surface area contributed by atoms with Gasteiger partial charge in [0.05, 0.1) is 22.4 Å². The minimum absolute atomic E-state index is 0.000256. The van der Waals surface area contributed by atoms with Gasteiger partial charge in [0.2, 0.25) is 5.91 Å². The van der Waals surface area contributed by atoms with E-state index in [2.05, 4.69) is 9.97 Å². The number of carbonyl (C=O) groups excluding carboxylic acids is 1. The quantitative estimate of drug-likeness (QED) is 0.262. The minimum atomic E-state index is -4.46. The largest absolute Gasteiger partial charge is 0.417 e. The number of aryl methyl sites for hydroxylation is 1. The van der Waals surface area contributed by atoms with Crippen molar-refractivity contribution in [3.63, 3.8) is 0 Å². The molecule has 2 aromatic carbocycles. The number of amides is 1. The first-order valence-electron chi connectivity index (χ1n) is 11.1. The van der Waals surface area contributed by atoms with Gasteiger partial charge in [0.25, 0.3) is 0 Å². The third-order valence-corrected chi connectivity index (χ3v) is 7.08. The molecule has 1 aliphatic heterocycles. The number of hydrogen-bond donors (Lipinski definition) is 1. The van der Waals surface area contributed by atoms with E-state index in [1.54, 1.807) is 17.0 Å². The summed E-state index contributed by atoms with van der Waals surface area (Å²) in [6, 6.07) is 15.9. The number of halogens is 4. The lowest BCUT2D eigenvalue weighted by Crippen LogP contribution is -2.37. The molecule has 2 aromatic heterocycles. The van der Waals surface area contributed by atoms with E-state index in [1.165, 1.54) is 18.2 Å². The van der Waals surface area contributed by atoms with Crippen LogP contribution in [0.15, 0.2) is 71.9 Å². The maximum absolute atomic E-state index is 14.2. The van der Waals surface area contributed by atoms with Crippen LogP contribution in [0.25, 0.3) is 10.9 Å². The zero-order valence-electron chi connectivity index (χ0n) is 18.5. The van der Waals surface area contributed by atoms with Gasteiger partial charge < -0.3 is 9.88 Å². The van der Waals surface area contributed by atoms with Gasteiger partial charge in [0.15, 0.2) is 0 Å². The molecule has 0 radical (unpaired) electrons. The van der Waals surface area contributed by atoms with Gasteiger partial charge in [-0.25, -0.2) is 9.37 Å². The maximum Gasteiger partial charge on any atom is 0.417 e. The number of hydrogen-bond acceptors (Lipinski definition) is 3. The normalized spacial score (nSPS) is 16.2. The fourth-order valence-corrected chi connectivity index (χ4v) is 5.31. The molecule has 1 aliphatic rings. The van der Waals surface area contributed by atoms with Crippen molar-refractivity contribution < 1.29 is 22.4 Å². The standard InChI is InChI=1S/C26H21F4N3OS/c27-18-6-3-5-16(13-18)25-24-20(19-7-1-2-9-21(19)32-24)8-4-12-33(25)23(34)15-35-22-11-10-17(14-31-22)26(28,29)30/h1-3,5-7,9-11,13-14,25,32H,4,8,12,15H2. The topological polar surface area (TPSA) is 49.0 Å². The SMILES string of the molecule is O=C(CSc1ccc(C(F)(F)F)cn1)N1CCCc2c([nH]c3ccccc23)C1c1cccc(F)c1.